The van der Waals surface area contributed by atoms with Crippen LogP contribution in [0.25, 0.3) is 0 Å². The van der Waals surface area contributed by atoms with Crippen LogP contribution in [-0.2, 0) is 0 Å². The monoisotopic (exact) mass is 278 g/mol. The zero-order chi connectivity index (χ0) is 14.7. The Morgan fingerprint density at radius 3 is 2.40 bits per heavy atom. The minimum absolute atomic E-state index is 0.0497. The van der Waals surface area contributed by atoms with Crippen molar-refractivity contribution in [2.24, 2.45) is 0 Å². The standard InChI is InChI=1S/C14H16F2N4/c1-4-17-13-7-14(19-9(3)18-13)20-12-6-10(15)8(2)5-11(12)16/h5-7H,4H2,1-3H3,(H2,17,18,19,20). The maximum atomic E-state index is 13.8. The minimum atomic E-state index is -0.523. The molecule has 1 aromatic heterocycles. The van der Waals surface area contributed by atoms with Crippen molar-refractivity contribution < 1.29 is 8.78 Å². The van der Waals surface area contributed by atoms with E-state index in [1.807, 2.05) is 6.92 Å². The highest BCUT2D eigenvalue weighted by molar-refractivity contribution is 5.60. The van der Waals surface area contributed by atoms with Gasteiger partial charge >= 0.3 is 0 Å². The van der Waals surface area contributed by atoms with Crippen LogP contribution in [0.3, 0.4) is 0 Å². The third-order valence-corrected chi connectivity index (χ3v) is 2.71. The molecule has 0 aliphatic rings. The summed E-state index contributed by atoms with van der Waals surface area (Å²) in [5.41, 5.74) is 0.314. The van der Waals surface area contributed by atoms with Gasteiger partial charge < -0.3 is 10.6 Å². The van der Waals surface area contributed by atoms with E-state index >= 15 is 0 Å². The number of nitrogens with zero attached hydrogens (tertiary/aromatic N) is 2. The number of anilines is 3. The second-order valence-corrected chi connectivity index (χ2v) is 4.42. The van der Waals surface area contributed by atoms with Gasteiger partial charge in [-0.3, -0.25) is 0 Å². The molecule has 0 aliphatic carbocycles. The Morgan fingerprint density at radius 2 is 1.70 bits per heavy atom. The van der Waals surface area contributed by atoms with E-state index in [0.717, 1.165) is 12.1 Å². The van der Waals surface area contributed by atoms with Crippen molar-refractivity contribution in [3.63, 3.8) is 0 Å². The summed E-state index contributed by atoms with van der Waals surface area (Å²) in [5, 5.41) is 5.82. The molecule has 0 radical (unpaired) electrons. The van der Waals surface area contributed by atoms with Gasteiger partial charge in [-0.05, 0) is 32.4 Å². The summed E-state index contributed by atoms with van der Waals surface area (Å²) in [6.45, 7) is 5.90. The zero-order valence-corrected chi connectivity index (χ0v) is 11.6. The lowest BCUT2D eigenvalue weighted by atomic mass is 10.2. The van der Waals surface area contributed by atoms with Crippen molar-refractivity contribution >= 4 is 17.3 Å². The van der Waals surface area contributed by atoms with Crippen molar-refractivity contribution in [3.8, 4) is 0 Å². The second kappa shape index (κ2) is 5.81. The highest BCUT2D eigenvalue weighted by Crippen LogP contribution is 2.23. The van der Waals surface area contributed by atoms with E-state index in [1.165, 1.54) is 6.92 Å². The maximum absolute atomic E-state index is 13.8. The first-order chi connectivity index (χ1) is 9.49. The third kappa shape index (κ3) is 3.20. The van der Waals surface area contributed by atoms with Crippen molar-refractivity contribution in [2.75, 3.05) is 17.2 Å². The van der Waals surface area contributed by atoms with Crippen LogP contribution >= 0.6 is 0 Å². The molecular weight excluding hydrogens is 262 g/mol. The van der Waals surface area contributed by atoms with Crippen molar-refractivity contribution in [1.82, 2.24) is 9.97 Å². The first-order valence-corrected chi connectivity index (χ1v) is 6.32. The lowest BCUT2D eigenvalue weighted by Gasteiger charge is -2.10. The Morgan fingerprint density at radius 1 is 1.00 bits per heavy atom. The molecule has 0 atom stereocenters. The molecule has 0 saturated heterocycles. The predicted octanol–water partition coefficient (Wildman–Crippen LogP) is 3.55. The van der Waals surface area contributed by atoms with Crippen LogP contribution in [0.5, 0.6) is 0 Å². The normalized spacial score (nSPS) is 10.4. The van der Waals surface area contributed by atoms with Gasteiger partial charge in [0.15, 0.2) is 0 Å². The lowest BCUT2D eigenvalue weighted by molar-refractivity contribution is 0.595. The SMILES string of the molecule is CCNc1cc(Nc2cc(F)c(C)cc2F)nc(C)n1. The highest BCUT2D eigenvalue weighted by atomic mass is 19.1. The number of hydrogen-bond donors (Lipinski definition) is 2. The van der Waals surface area contributed by atoms with Crippen molar-refractivity contribution in [1.29, 1.82) is 0 Å². The molecule has 2 aromatic rings. The summed E-state index contributed by atoms with van der Waals surface area (Å²) in [4.78, 5) is 8.34. The molecule has 0 amide bonds. The third-order valence-electron chi connectivity index (χ3n) is 2.71. The number of aromatic nitrogens is 2. The van der Waals surface area contributed by atoms with E-state index in [-0.39, 0.29) is 11.3 Å². The molecule has 2 N–H and O–H groups in total. The van der Waals surface area contributed by atoms with Crippen LogP contribution in [0.2, 0.25) is 0 Å². The number of rotatable bonds is 4. The molecule has 20 heavy (non-hydrogen) atoms. The summed E-state index contributed by atoms with van der Waals surface area (Å²) in [7, 11) is 0. The molecule has 0 spiro atoms. The van der Waals surface area contributed by atoms with Crippen LogP contribution < -0.4 is 10.6 Å². The Hall–Kier alpha value is -2.24. The number of benzene rings is 1. The Bertz CT molecular complexity index is 629. The quantitative estimate of drug-likeness (QED) is 0.898. The van der Waals surface area contributed by atoms with E-state index in [9.17, 15) is 8.78 Å². The summed E-state index contributed by atoms with van der Waals surface area (Å²) < 4.78 is 27.3. The average Bonchev–Trinajstić information content (AvgIpc) is 2.35. The van der Waals surface area contributed by atoms with Gasteiger partial charge in [-0.25, -0.2) is 18.7 Å². The van der Waals surface area contributed by atoms with E-state index in [2.05, 4.69) is 20.6 Å². The van der Waals surface area contributed by atoms with Gasteiger partial charge in [0.1, 0.15) is 29.1 Å². The summed E-state index contributed by atoms with van der Waals surface area (Å²) in [5.74, 6) is 0.599. The van der Waals surface area contributed by atoms with Crippen LogP contribution in [0.1, 0.15) is 18.3 Å². The summed E-state index contributed by atoms with van der Waals surface area (Å²) >= 11 is 0. The predicted molar refractivity (Wildman–Crippen MR) is 75.3 cm³/mol. The van der Waals surface area contributed by atoms with E-state index in [1.54, 1.807) is 13.0 Å². The van der Waals surface area contributed by atoms with Crippen molar-refractivity contribution in [2.45, 2.75) is 20.8 Å². The molecule has 1 heterocycles. The molecule has 2 rings (SSSR count). The topological polar surface area (TPSA) is 49.8 Å². The first kappa shape index (κ1) is 14.2. The molecule has 1 aromatic carbocycles. The fourth-order valence-electron chi connectivity index (χ4n) is 1.78. The van der Waals surface area contributed by atoms with Gasteiger partial charge in [0.25, 0.3) is 0 Å². The van der Waals surface area contributed by atoms with Crippen LogP contribution in [0.4, 0.5) is 26.1 Å². The Balaban J connectivity index is 2.32. The Kier molecular flexibility index (Phi) is 4.12. The van der Waals surface area contributed by atoms with E-state index < -0.39 is 11.6 Å². The van der Waals surface area contributed by atoms with Gasteiger partial charge in [-0.1, -0.05) is 0 Å². The largest absolute Gasteiger partial charge is 0.370 e. The number of hydrogen-bond acceptors (Lipinski definition) is 4. The molecule has 0 aliphatic heterocycles. The molecule has 0 fully saturated rings. The van der Waals surface area contributed by atoms with Gasteiger partial charge in [0.2, 0.25) is 0 Å². The Labute approximate surface area is 116 Å². The fraction of sp³-hybridized carbons (Fsp3) is 0.286. The first-order valence-electron chi connectivity index (χ1n) is 6.32. The van der Waals surface area contributed by atoms with Gasteiger partial charge in [-0.15, -0.1) is 0 Å². The highest BCUT2D eigenvalue weighted by Gasteiger charge is 2.09. The van der Waals surface area contributed by atoms with Gasteiger partial charge in [0.05, 0.1) is 5.69 Å². The van der Waals surface area contributed by atoms with Gasteiger partial charge in [-0.2, -0.15) is 0 Å². The minimum Gasteiger partial charge on any atom is -0.370 e. The second-order valence-electron chi connectivity index (χ2n) is 4.42. The molecule has 4 nitrogen and oxygen atoms in total. The average molecular weight is 278 g/mol. The molecule has 0 bridgehead atoms. The van der Waals surface area contributed by atoms with Gasteiger partial charge in [0, 0.05) is 18.7 Å². The number of aryl methyl sites for hydroxylation is 2. The number of nitrogens with one attached hydrogen (secondary N) is 2. The summed E-state index contributed by atoms with van der Waals surface area (Å²) in [6.07, 6.45) is 0. The van der Waals surface area contributed by atoms with Crippen LogP contribution in [0, 0.1) is 25.5 Å². The number of halogens is 2. The lowest BCUT2D eigenvalue weighted by Crippen LogP contribution is -2.05. The van der Waals surface area contributed by atoms with E-state index in [4.69, 9.17) is 0 Å². The smallest absolute Gasteiger partial charge is 0.147 e. The summed E-state index contributed by atoms with van der Waals surface area (Å²) in [6, 6.07) is 3.92. The maximum Gasteiger partial charge on any atom is 0.147 e. The molecular formula is C14H16F2N4. The molecule has 6 heteroatoms. The van der Waals surface area contributed by atoms with E-state index in [0.29, 0.717) is 24.0 Å². The molecule has 0 unspecified atom stereocenters. The van der Waals surface area contributed by atoms with Crippen LogP contribution in [-0.4, -0.2) is 16.5 Å². The fourth-order valence-corrected chi connectivity index (χ4v) is 1.78. The van der Waals surface area contributed by atoms with Crippen LogP contribution in [0.15, 0.2) is 18.2 Å². The molecule has 106 valence electrons. The zero-order valence-electron chi connectivity index (χ0n) is 11.6. The molecule has 0 saturated carbocycles. The van der Waals surface area contributed by atoms with Crippen molar-refractivity contribution in [3.05, 3.63) is 41.2 Å².